The molecule has 23 heavy (non-hydrogen) atoms. The van der Waals surface area contributed by atoms with Crippen molar-refractivity contribution in [3.8, 4) is 0 Å². The van der Waals surface area contributed by atoms with Crippen LogP contribution in [-0.2, 0) is 17.8 Å². The van der Waals surface area contributed by atoms with Crippen LogP contribution < -0.4 is 5.32 Å². The van der Waals surface area contributed by atoms with Crippen LogP contribution in [0.3, 0.4) is 0 Å². The Labute approximate surface area is 139 Å². The fourth-order valence-electron chi connectivity index (χ4n) is 2.96. The first-order valence-corrected chi connectivity index (χ1v) is 8.71. The summed E-state index contributed by atoms with van der Waals surface area (Å²) < 4.78 is 7.00. The van der Waals surface area contributed by atoms with Crippen molar-refractivity contribution in [2.75, 3.05) is 5.32 Å². The van der Waals surface area contributed by atoms with Crippen LogP contribution >= 0.6 is 11.3 Å². The summed E-state index contributed by atoms with van der Waals surface area (Å²) in [4.78, 5) is 14.8. The number of pyridine rings is 1. The molecule has 4 rings (SSSR count). The zero-order chi connectivity index (χ0) is 16.2. The lowest BCUT2D eigenvalue weighted by Gasteiger charge is -2.30. The van der Waals surface area contributed by atoms with Crippen molar-refractivity contribution in [1.82, 2.24) is 15.0 Å². The van der Waals surface area contributed by atoms with Gasteiger partial charge in [-0.3, -0.25) is 0 Å². The van der Waals surface area contributed by atoms with Gasteiger partial charge in [-0.1, -0.05) is 0 Å². The average molecular weight is 328 g/mol. The highest BCUT2D eigenvalue weighted by atomic mass is 32.1. The topological polar surface area (TPSA) is 59.9 Å². The van der Waals surface area contributed by atoms with Crippen molar-refractivity contribution in [2.24, 2.45) is 0 Å². The highest BCUT2D eigenvalue weighted by Gasteiger charge is 2.28. The van der Waals surface area contributed by atoms with E-state index in [0.717, 1.165) is 38.4 Å². The normalized spacial score (nSPS) is 16.9. The highest BCUT2D eigenvalue weighted by molar-refractivity contribution is 7.25. The monoisotopic (exact) mass is 328 g/mol. The van der Waals surface area contributed by atoms with Crippen LogP contribution in [0.5, 0.6) is 0 Å². The van der Waals surface area contributed by atoms with Gasteiger partial charge in [0.1, 0.15) is 17.0 Å². The van der Waals surface area contributed by atoms with Crippen molar-refractivity contribution in [2.45, 2.75) is 52.4 Å². The molecule has 3 aromatic rings. The summed E-state index contributed by atoms with van der Waals surface area (Å²) in [6, 6.07) is 2.52. The van der Waals surface area contributed by atoms with Gasteiger partial charge in [0.2, 0.25) is 0 Å². The van der Waals surface area contributed by atoms with Gasteiger partial charge in [0.25, 0.3) is 0 Å². The van der Waals surface area contributed by atoms with E-state index in [1.807, 2.05) is 0 Å². The fourth-order valence-corrected chi connectivity index (χ4v) is 4.04. The van der Waals surface area contributed by atoms with Crippen molar-refractivity contribution in [3.05, 3.63) is 23.7 Å². The number of aromatic nitrogens is 3. The minimum atomic E-state index is -0.144. The average Bonchev–Trinajstić information content (AvgIpc) is 2.82. The van der Waals surface area contributed by atoms with Crippen molar-refractivity contribution in [1.29, 1.82) is 0 Å². The lowest BCUT2D eigenvalue weighted by molar-refractivity contribution is -0.0411. The van der Waals surface area contributed by atoms with Crippen LogP contribution in [0.1, 0.15) is 39.0 Å². The van der Waals surface area contributed by atoms with Crippen molar-refractivity contribution < 1.29 is 4.74 Å². The molecule has 0 aromatic carbocycles. The third-order valence-corrected chi connectivity index (χ3v) is 5.15. The Bertz CT molecular complexity index is 900. The molecule has 120 valence electrons. The Hall–Kier alpha value is -1.79. The van der Waals surface area contributed by atoms with Crippen molar-refractivity contribution in [3.63, 3.8) is 0 Å². The molecule has 1 aliphatic heterocycles. The van der Waals surface area contributed by atoms with Crippen LogP contribution in [0.15, 0.2) is 12.4 Å². The first-order valence-electron chi connectivity index (χ1n) is 7.89. The zero-order valence-electron chi connectivity index (χ0n) is 13.8. The molecular weight excluding hydrogens is 308 g/mol. The predicted molar refractivity (Wildman–Crippen MR) is 94.0 cm³/mol. The maximum Gasteiger partial charge on any atom is 0.147 e. The van der Waals surface area contributed by atoms with Crippen LogP contribution in [-0.4, -0.2) is 26.6 Å². The Kier molecular flexibility index (Phi) is 3.28. The number of nitrogens with one attached hydrogen (secondary N) is 1. The summed E-state index contributed by atoms with van der Waals surface area (Å²) in [5.74, 6) is 0.891. The van der Waals surface area contributed by atoms with Crippen LogP contribution in [0.4, 0.5) is 5.82 Å². The van der Waals surface area contributed by atoms with Gasteiger partial charge in [-0.2, -0.15) is 0 Å². The van der Waals surface area contributed by atoms with Crippen LogP contribution in [0, 0.1) is 0 Å². The second-order valence-corrected chi connectivity index (χ2v) is 7.97. The number of anilines is 1. The molecule has 0 atom stereocenters. The first kappa shape index (κ1) is 14.8. The molecule has 6 heteroatoms. The Morgan fingerprint density at radius 3 is 2.91 bits per heavy atom. The summed E-state index contributed by atoms with van der Waals surface area (Å²) in [5.41, 5.74) is 3.15. The number of rotatable bonds is 2. The summed E-state index contributed by atoms with van der Waals surface area (Å²) >= 11 is 1.66. The molecule has 0 saturated carbocycles. The van der Waals surface area contributed by atoms with Gasteiger partial charge >= 0.3 is 0 Å². The summed E-state index contributed by atoms with van der Waals surface area (Å²) in [6.45, 7) is 9.06. The van der Waals surface area contributed by atoms with Gasteiger partial charge < -0.3 is 10.1 Å². The molecule has 0 saturated heterocycles. The Morgan fingerprint density at radius 1 is 1.30 bits per heavy atom. The van der Waals surface area contributed by atoms with Gasteiger partial charge in [-0.05, 0) is 33.8 Å². The van der Waals surface area contributed by atoms with Gasteiger partial charge in [0.05, 0.1) is 28.1 Å². The number of fused-ring (bicyclic) bond motifs is 4. The third kappa shape index (κ3) is 2.56. The molecule has 3 aromatic heterocycles. The lowest BCUT2D eigenvalue weighted by atomic mass is 9.95. The quantitative estimate of drug-likeness (QED) is 0.773. The zero-order valence-corrected chi connectivity index (χ0v) is 14.6. The van der Waals surface area contributed by atoms with Gasteiger partial charge in [0, 0.05) is 23.4 Å². The lowest BCUT2D eigenvalue weighted by Crippen LogP contribution is -2.32. The summed E-state index contributed by atoms with van der Waals surface area (Å²) in [5, 5.41) is 4.50. The van der Waals surface area contributed by atoms with E-state index in [0.29, 0.717) is 12.6 Å². The van der Waals surface area contributed by atoms with E-state index in [1.54, 1.807) is 17.7 Å². The van der Waals surface area contributed by atoms with Crippen LogP contribution in [0.25, 0.3) is 20.4 Å². The first-order chi connectivity index (χ1) is 10.9. The molecule has 0 aliphatic carbocycles. The van der Waals surface area contributed by atoms with Gasteiger partial charge in [-0.25, -0.2) is 15.0 Å². The summed E-state index contributed by atoms with van der Waals surface area (Å²) in [7, 11) is 0. The number of ether oxygens (including phenoxy) is 1. The number of hydrogen-bond donors (Lipinski definition) is 1. The SMILES string of the molecule is CC(C)Nc1ncnc2c1sc1nc3c(cc12)COC(C)(C)C3. The maximum atomic E-state index is 5.92. The molecule has 0 radical (unpaired) electrons. The van der Waals surface area contributed by atoms with E-state index in [-0.39, 0.29) is 5.60 Å². The Balaban J connectivity index is 1.92. The largest absolute Gasteiger partial charge is 0.370 e. The molecule has 0 amide bonds. The van der Waals surface area contributed by atoms with E-state index in [1.165, 1.54) is 5.56 Å². The maximum absolute atomic E-state index is 5.92. The minimum Gasteiger partial charge on any atom is -0.370 e. The molecule has 4 heterocycles. The van der Waals surface area contributed by atoms with E-state index in [2.05, 4.69) is 49.0 Å². The number of nitrogens with zero attached hydrogens (tertiary/aromatic N) is 3. The fraction of sp³-hybridized carbons (Fsp3) is 0.471. The molecule has 1 N–H and O–H groups in total. The molecular formula is C17H20N4OS. The standard InChI is InChI=1S/C17H20N4OS/c1-9(2)20-15-14-13(18-8-19-15)11-5-10-7-22-17(3,4)6-12(10)21-16(11)23-14/h5,8-9H,6-7H2,1-4H3,(H,18,19,20). The van der Waals surface area contributed by atoms with Gasteiger partial charge in [0.15, 0.2) is 0 Å². The molecule has 0 unspecified atom stereocenters. The van der Waals surface area contributed by atoms with E-state index in [9.17, 15) is 0 Å². The minimum absolute atomic E-state index is 0.144. The molecule has 0 spiro atoms. The number of hydrogen-bond acceptors (Lipinski definition) is 6. The van der Waals surface area contributed by atoms with Crippen molar-refractivity contribution >= 4 is 37.6 Å². The van der Waals surface area contributed by atoms with Gasteiger partial charge in [-0.15, -0.1) is 11.3 Å². The Morgan fingerprint density at radius 2 is 2.13 bits per heavy atom. The number of thiophene rings is 1. The van der Waals surface area contributed by atoms with E-state index >= 15 is 0 Å². The highest BCUT2D eigenvalue weighted by Crippen LogP contribution is 2.38. The second-order valence-electron chi connectivity index (χ2n) is 6.97. The molecule has 0 bridgehead atoms. The smallest absolute Gasteiger partial charge is 0.147 e. The third-order valence-electron chi connectivity index (χ3n) is 4.05. The summed E-state index contributed by atoms with van der Waals surface area (Å²) in [6.07, 6.45) is 2.47. The van der Waals surface area contributed by atoms with E-state index in [4.69, 9.17) is 9.72 Å². The molecule has 1 aliphatic rings. The molecule has 0 fully saturated rings. The van der Waals surface area contributed by atoms with E-state index < -0.39 is 0 Å². The second kappa shape index (κ2) is 5.11. The molecule has 5 nitrogen and oxygen atoms in total. The predicted octanol–water partition coefficient (Wildman–Crippen LogP) is 3.91. The van der Waals surface area contributed by atoms with Crippen LogP contribution in [0.2, 0.25) is 0 Å².